The molecule has 1 saturated heterocycles. The summed E-state index contributed by atoms with van der Waals surface area (Å²) in [7, 11) is -28.3. The van der Waals surface area contributed by atoms with Gasteiger partial charge in [0.2, 0.25) is 22.1 Å². The Morgan fingerprint density at radius 2 is 1.46 bits per heavy atom. The second-order valence-corrected chi connectivity index (χ2v) is 38.8. The number of benzene rings is 3. The van der Waals surface area contributed by atoms with Crippen LogP contribution >= 0.6 is 77.2 Å². The number of hydrogen-bond acceptors (Lipinski definition) is 23. The van der Waals surface area contributed by atoms with Crippen LogP contribution in [-0.2, 0) is 70.7 Å². The molecular weight excluding hydrogens is 1550 g/mol. The van der Waals surface area contributed by atoms with Crippen LogP contribution < -0.4 is 47.5 Å². The van der Waals surface area contributed by atoms with Crippen LogP contribution in [0.4, 0.5) is 5.69 Å². The lowest BCUT2D eigenvalue weighted by atomic mass is 9.79. The number of aromatic nitrogens is 2. The van der Waals surface area contributed by atoms with Gasteiger partial charge >= 0.3 is 52.4 Å². The highest BCUT2D eigenvalue weighted by Gasteiger charge is 2.45. The number of aliphatic hydroxyl groups is 1. The number of phosphoric ester groups is 1. The molecule has 102 heavy (non-hydrogen) atoms. The van der Waals surface area contributed by atoms with E-state index in [2.05, 4.69) is 34.8 Å². The Balaban J connectivity index is 0.000000590. The maximum atomic E-state index is 13.7. The number of unbranched alkanes of at least 4 members (excludes halogenated alkanes) is 5. The molecule has 6 unspecified atom stereocenters. The van der Waals surface area contributed by atoms with Crippen molar-refractivity contribution < 1.29 is 121 Å². The molecule has 2 amide bonds. The number of carbonyl (C=O) groups excluding carboxylic acids is 2. The number of halogens is 3. The number of hydrogen-bond donors (Lipinski definition) is 12. The van der Waals surface area contributed by atoms with Crippen molar-refractivity contribution in [1.29, 1.82) is 0 Å². The molecule has 5 heterocycles. The van der Waals surface area contributed by atoms with Gasteiger partial charge < -0.3 is 68.8 Å². The number of aromatic carboxylic acids is 1. The molecular formula is C59H81Cl3N6O27P4S3. The van der Waals surface area contributed by atoms with E-state index in [1.807, 2.05) is 6.92 Å². The van der Waals surface area contributed by atoms with Crippen molar-refractivity contribution in [2.75, 3.05) is 57.1 Å². The standard InChI is InChI=1S/C48H64Cl3N4O20P3S3.C11H17N2O7P/c1-25-21-47(3,4)54-39-27(25)19-29-33(30-20-28-26(2)22-48(5,6)55-40(28)45(81(69,70)71)42(30)74-41(29)44(39)80(66,67)68)34-35(46(58)59)36(49)38(51)43(37(34)50)79-23-32(57)53-17-13-10-11-15-31(56)52-16-12-8-9-14-18-73-76(60,61)24-77(62,63)75-78(64,65)72-7;1-6-4-13(11(16)12-10(6)15)9-3-7(14)8(20-9)5-19-21(2,17)18/h19-20,25-26,54H,8-18,21-24H2,1-7H3,(H,52,56)(H,53,57)(H,58,59)(H,60,61)(H,62,63)(H,64,65)(H,66,67,68)(H,69,70,71);4,7-9,14H,3,5H2,1-2H3,(H,17,18)(H,12,15,16)/t;7-,8-,9-/m.1/s1. The van der Waals surface area contributed by atoms with Crippen molar-refractivity contribution >= 4 is 126 Å². The second kappa shape index (κ2) is 33.4. The zero-order valence-corrected chi connectivity index (χ0v) is 64.8. The molecule has 0 spiro atoms. The first-order chi connectivity index (χ1) is 47.0. The van der Waals surface area contributed by atoms with Crippen LogP contribution in [0, 0.1) is 6.92 Å². The maximum absolute atomic E-state index is 13.7. The Kier molecular flexibility index (Phi) is 27.8. The van der Waals surface area contributed by atoms with Gasteiger partial charge in [0.25, 0.3) is 5.56 Å². The number of ether oxygens (including phenoxy) is 2. The number of phosphoric acid groups is 1. The van der Waals surface area contributed by atoms with Gasteiger partial charge in [0.1, 0.15) is 27.3 Å². The fraction of sp³-hybridized carbons (Fsp3) is 0.559. The molecule has 568 valence electrons. The predicted octanol–water partition coefficient (Wildman–Crippen LogP) is 6.41. The predicted molar refractivity (Wildman–Crippen MR) is 372 cm³/mol. The summed E-state index contributed by atoms with van der Waals surface area (Å²) in [5.41, 5.74) is -3.26. The number of thioether (sulfide) groups is 1. The number of carboxylic acids is 1. The van der Waals surface area contributed by atoms with Crippen LogP contribution in [0.2, 0.25) is 15.1 Å². The van der Waals surface area contributed by atoms with Crippen molar-refractivity contribution in [3.05, 3.63) is 98.2 Å². The summed E-state index contributed by atoms with van der Waals surface area (Å²) in [5.74, 6) is -6.31. The van der Waals surface area contributed by atoms with Crippen molar-refractivity contribution in [3.63, 3.8) is 0 Å². The lowest BCUT2D eigenvalue weighted by molar-refractivity contribution is -0.590. The van der Waals surface area contributed by atoms with Gasteiger partial charge in [-0.2, -0.15) is 8.42 Å². The normalized spacial score (nSPS) is 21.2. The van der Waals surface area contributed by atoms with Gasteiger partial charge in [0.05, 0.1) is 51.4 Å². The molecule has 1 fully saturated rings. The summed E-state index contributed by atoms with van der Waals surface area (Å²) in [6.07, 6.45) is 3.50. The molecule has 0 radical (unpaired) electrons. The van der Waals surface area contributed by atoms with E-state index in [1.165, 1.54) is 22.9 Å². The van der Waals surface area contributed by atoms with E-state index < -0.39 is 164 Å². The number of nitrogens with zero attached hydrogens (tertiary/aromatic N) is 1. The Bertz CT molecular complexity index is 4650. The molecule has 0 aliphatic carbocycles. The number of nitrogens with one attached hydrogen (secondary N) is 5. The summed E-state index contributed by atoms with van der Waals surface area (Å²) >= 11 is 21.7. The first-order valence-electron chi connectivity index (χ1n) is 31.5. The van der Waals surface area contributed by atoms with Gasteiger partial charge in [-0.15, -0.1) is 11.8 Å². The lowest BCUT2D eigenvalue weighted by Crippen LogP contribution is -2.91. The third kappa shape index (κ3) is 21.7. The second-order valence-electron chi connectivity index (χ2n) is 26.3. The highest BCUT2D eigenvalue weighted by Crippen LogP contribution is 2.66. The third-order valence-electron chi connectivity index (χ3n) is 16.5. The highest BCUT2D eigenvalue weighted by atomic mass is 35.5. The summed E-state index contributed by atoms with van der Waals surface area (Å²) in [6.45, 7) is 13.4. The van der Waals surface area contributed by atoms with Crippen molar-refractivity contribution in [1.82, 2.24) is 20.2 Å². The number of aliphatic hydroxyl groups excluding tert-OH is 1. The van der Waals surface area contributed by atoms with E-state index in [1.54, 1.807) is 41.5 Å². The van der Waals surface area contributed by atoms with Crippen LogP contribution in [0.1, 0.15) is 168 Å². The number of anilines is 1. The van der Waals surface area contributed by atoms with E-state index in [0.717, 1.165) is 25.5 Å². The Labute approximate surface area is 605 Å². The molecule has 8 rings (SSSR count). The first kappa shape index (κ1) is 84.8. The van der Waals surface area contributed by atoms with Crippen LogP contribution in [0.15, 0.2) is 42.6 Å². The number of amides is 2. The fourth-order valence-electron chi connectivity index (χ4n) is 12.3. The molecule has 33 nitrogen and oxygen atoms in total. The smallest absolute Gasteiger partial charge is 0.479 e. The molecule has 12 N–H and O–H groups in total. The molecule has 4 aliphatic rings. The average molecular weight is 1630 g/mol. The topological polar surface area (TPSA) is 513 Å². The zero-order valence-electron chi connectivity index (χ0n) is 56.5. The number of H-pyrrole nitrogens is 1. The summed E-state index contributed by atoms with van der Waals surface area (Å²) < 4.78 is 156. The van der Waals surface area contributed by atoms with E-state index in [4.69, 9.17) is 58.2 Å². The molecule has 0 bridgehead atoms. The number of fused-ring (bicyclic) bond motifs is 4. The van der Waals surface area contributed by atoms with Gasteiger partial charge in [-0.05, 0) is 96.3 Å². The van der Waals surface area contributed by atoms with Crippen LogP contribution in [0.25, 0.3) is 5.57 Å². The van der Waals surface area contributed by atoms with Crippen LogP contribution in [0.5, 0.6) is 11.5 Å². The van der Waals surface area contributed by atoms with Gasteiger partial charge in [-0.3, -0.25) is 46.7 Å². The highest BCUT2D eigenvalue weighted by molar-refractivity contribution is 8.00. The molecule has 3 aromatic carbocycles. The average Bonchev–Trinajstić information content (AvgIpc) is 0.767. The van der Waals surface area contributed by atoms with Gasteiger partial charge in [-0.25, -0.2) is 31.9 Å². The molecule has 4 aliphatic heterocycles. The third-order valence-corrected chi connectivity index (χ3v) is 27.3. The Morgan fingerprint density at radius 3 is 2.07 bits per heavy atom. The summed E-state index contributed by atoms with van der Waals surface area (Å²) in [6, 6.07) is 3.04. The van der Waals surface area contributed by atoms with E-state index in [9.17, 15) is 93.1 Å². The largest absolute Gasteiger partial charge is 0.744 e. The van der Waals surface area contributed by atoms with E-state index in [-0.39, 0.29) is 81.6 Å². The van der Waals surface area contributed by atoms with E-state index >= 15 is 0 Å². The SMILES string of the molecule is COP(=O)(O)OP(=O)(O)CP(=O)(O)OCCCCCCNC(=O)CCCCCNC(=O)CSc1c(Cl)c(Cl)c(C(=O)O)c(C2=c3cc4c(c(S(=O)(=O)O)c3Oc3c2cc2c(c3S(=O)(=O)[O-])NC(C)(C)CC2C)=[NH+]C(C)(C)CC4C)c1Cl.Cc1cn([C@H]2C[C@@H](O)[C@@H](COP(C)(=O)O)O2)c(=O)[nH]c1=O. The minimum absolute atomic E-state index is 0.0725. The molecule has 43 heteroatoms. The number of aromatic amines is 1. The van der Waals surface area contributed by atoms with Gasteiger partial charge in [0.15, 0.2) is 22.9 Å². The number of carbonyl (C=O) groups is 3. The quantitative estimate of drug-likeness (QED) is 0.00776. The summed E-state index contributed by atoms with van der Waals surface area (Å²) in [4.78, 5) is 104. The minimum Gasteiger partial charge on any atom is -0.744 e. The molecule has 0 saturated carbocycles. The Morgan fingerprint density at radius 1 is 0.843 bits per heavy atom. The van der Waals surface area contributed by atoms with Crippen molar-refractivity contribution in [3.8, 4) is 11.5 Å². The number of carboxylic acid groups (broad SMARTS) is 1. The van der Waals surface area contributed by atoms with Gasteiger partial charge in [0, 0.05) is 95.8 Å². The molecule has 4 aromatic rings. The number of rotatable bonds is 30. The van der Waals surface area contributed by atoms with Crippen molar-refractivity contribution in [2.24, 2.45) is 0 Å². The van der Waals surface area contributed by atoms with E-state index in [0.29, 0.717) is 81.0 Å². The minimum atomic E-state index is -5.55. The monoisotopic (exact) mass is 1630 g/mol. The van der Waals surface area contributed by atoms with Crippen LogP contribution in [-0.4, -0.2) is 158 Å². The van der Waals surface area contributed by atoms with Crippen LogP contribution in [0.3, 0.4) is 0 Å². The molecule has 1 aromatic heterocycles. The maximum Gasteiger partial charge on any atom is 0.479 e. The lowest BCUT2D eigenvalue weighted by Gasteiger charge is -2.40. The Hall–Kier alpha value is -4.42. The van der Waals surface area contributed by atoms with Gasteiger partial charge in [-0.1, -0.05) is 67.9 Å². The fourth-order valence-corrected chi connectivity index (χ4v) is 21.1. The summed E-state index contributed by atoms with van der Waals surface area (Å²) in [5, 5.41) is 28.0. The molecule has 9 atom stereocenters. The van der Waals surface area contributed by atoms with Crippen molar-refractivity contribution in [2.45, 2.75) is 175 Å². The number of aryl methyl sites for hydroxylation is 1. The first-order valence-corrected chi connectivity index (χ1v) is 43.5. The zero-order chi connectivity index (χ0) is 76.4.